The molecule has 2 aromatic rings. The molecular formula is C25H16O. The van der Waals surface area contributed by atoms with E-state index in [2.05, 4.69) is 60.4 Å². The molecule has 26 heavy (non-hydrogen) atoms. The highest BCUT2D eigenvalue weighted by molar-refractivity contribution is 5.80. The van der Waals surface area contributed by atoms with E-state index in [1.807, 2.05) is 30.3 Å². The third-order valence-electron chi connectivity index (χ3n) is 4.35. The fraction of sp³-hybridized carbons (Fsp3) is 0. The van der Waals surface area contributed by atoms with Crippen LogP contribution in [0.1, 0.15) is 21.5 Å². The summed E-state index contributed by atoms with van der Waals surface area (Å²) in [4.78, 5) is 10.7. The minimum absolute atomic E-state index is 0.663. The van der Waals surface area contributed by atoms with Gasteiger partial charge in [-0.25, -0.2) is 0 Å². The second-order valence-electron chi connectivity index (χ2n) is 6.13. The molecule has 2 aliphatic carbocycles. The number of rotatable bonds is 2. The maximum absolute atomic E-state index is 10.7. The molecule has 0 saturated heterocycles. The van der Waals surface area contributed by atoms with Gasteiger partial charge in [-0.2, -0.15) is 0 Å². The van der Waals surface area contributed by atoms with E-state index in [4.69, 9.17) is 0 Å². The highest BCUT2D eigenvalue weighted by atomic mass is 16.1. The molecule has 0 aliphatic heterocycles. The van der Waals surface area contributed by atoms with Crippen molar-refractivity contribution in [1.29, 1.82) is 0 Å². The molecule has 0 bridgehead atoms. The number of carbonyl (C=O) groups excluding carboxylic acids is 1. The Balaban J connectivity index is 1.58. The van der Waals surface area contributed by atoms with Crippen LogP contribution in [-0.4, -0.2) is 6.29 Å². The van der Waals surface area contributed by atoms with Gasteiger partial charge in [-0.05, 0) is 58.7 Å². The minimum Gasteiger partial charge on any atom is -0.298 e. The summed E-state index contributed by atoms with van der Waals surface area (Å²) in [6.45, 7) is 0. The zero-order valence-corrected chi connectivity index (χ0v) is 14.1. The predicted molar refractivity (Wildman–Crippen MR) is 106 cm³/mol. The average Bonchev–Trinajstić information content (AvgIpc) is 2.97. The second kappa shape index (κ2) is 7.09. The summed E-state index contributed by atoms with van der Waals surface area (Å²) in [5, 5.41) is 0. The smallest absolute Gasteiger partial charge is 0.150 e. The van der Waals surface area contributed by atoms with Gasteiger partial charge >= 0.3 is 0 Å². The molecule has 1 nitrogen and oxygen atoms in total. The summed E-state index contributed by atoms with van der Waals surface area (Å²) in [6, 6.07) is 30.4. The van der Waals surface area contributed by atoms with Crippen LogP contribution in [-0.2, 0) is 0 Å². The molecule has 0 aromatic heterocycles. The normalized spacial score (nSPS) is 10.2. The van der Waals surface area contributed by atoms with Gasteiger partial charge in [0.25, 0.3) is 0 Å². The lowest BCUT2D eigenvalue weighted by atomic mass is 10.1. The quantitative estimate of drug-likeness (QED) is 0.341. The van der Waals surface area contributed by atoms with Crippen molar-refractivity contribution in [3.8, 4) is 34.1 Å². The molecule has 0 spiro atoms. The first-order valence-electron chi connectivity index (χ1n) is 8.48. The van der Waals surface area contributed by atoms with Gasteiger partial charge in [-0.3, -0.25) is 4.79 Å². The standard InChI is InChI=1S/C25H16O/c26-18-21-10-8-19(9-11-21)6-7-20-12-14-22(15-13-20)25-16-23-4-2-1-3-5-24(23)17-25/h1-5,8-18H. The van der Waals surface area contributed by atoms with Crippen LogP contribution in [0, 0.1) is 11.8 Å². The van der Waals surface area contributed by atoms with Gasteiger partial charge in [0.05, 0.1) is 0 Å². The average molecular weight is 332 g/mol. The number of carbonyl (C=O) groups is 1. The lowest BCUT2D eigenvalue weighted by molar-refractivity contribution is 0.112. The highest BCUT2D eigenvalue weighted by Crippen LogP contribution is 2.31. The van der Waals surface area contributed by atoms with Crippen LogP contribution in [0.3, 0.4) is 0 Å². The molecule has 0 saturated carbocycles. The second-order valence-corrected chi connectivity index (χ2v) is 6.13. The zero-order valence-electron chi connectivity index (χ0n) is 14.1. The summed E-state index contributed by atoms with van der Waals surface area (Å²) in [5.74, 6) is 6.30. The number of benzene rings is 2. The summed E-state index contributed by atoms with van der Waals surface area (Å²) < 4.78 is 0. The van der Waals surface area contributed by atoms with E-state index in [1.54, 1.807) is 12.1 Å². The third kappa shape index (κ3) is 3.41. The first-order valence-corrected chi connectivity index (χ1v) is 8.48. The molecule has 1 heteroatoms. The zero-order chi connectivity index (χ0) is 17.8. The van der Waals surface area contributed by atoms with Crippen LogP contribution in [0.5, 0.6) is 0 Å². The lowest BCUT2D eigenvalue weighted by Gasteiger charge is -1.98. The van der Waals surface area contributed by atoms with E-state index < -0.39 is 0 Å². The van der Waals surface area contributed by atoms with E-state index in [0.29, 0.717) is 5.56 Å². The lowest BCUT2D eigenvalue weighted by Crippen LogP contribution is -1.80. The van der Waals surface area contributed by atoms with Gasteiger partial charge in [0.15, 0.2) is 0 Å². The van der Waals surface area contributed by atoms with E-state index in [9.17, 15) is 4.79 Å². The maximum Gasteiger partial charge on any atom is 0.150 e. The largest absolute Gasteiger partial charge is 0.298 e. The summed E-state index contributed by atoms with van der Waals surface area (Å²) >= 11 is 0. The van der Waals surface area contributed by atoms with Crippen molar-refractivity contribution < 1.29 is 4.79 Å². The number of hydrogen-bond donors (Lipinski definition) is 0. The summed E-state index contributed by atoms with van der Waals surface area (Å²) in [6.07, 6.45) is 0.836. The van der Waals surface area contributed by atoms with Crippen LogP contribution in [0.2, 0.25) is 0 Å². The van der Waals surface area contributed by atoms with Crippen molar-refractivity contribution in [2.75, 3.05) is 0 Å². The van der Waals surface area contributed by atoms with Gasteiger partial charge in [0.1, 0.15) is 6.29 Å². The maximum atomic E-state index is 10.7. The van der Waals surface area contributed by atoms with Gasteiger partial charge in [-0.15, -0.1) is 0 Å². The fourth-order valence-electron chi connectivity index (χ4n) is 2.92. The Morgan fingerprint density at radius 3 is 1.62 bits per heavy atom. The molecule has 0 amide bonds. The van der Waals surface area contributed by atoms with E-state index >= 15 is 0 Å². The molecular weight excluding hydrogens is 316 g/mol. The monoisotopic (exact) mass is 332 g/mol. The summed E-state index contributed by atoms with van der Waals surface area (Å²) in [7, 11) is 0. The molecule has 0 unspecified atom stereocenters. The Morgan fingerprint density at radius 2 is 1.08 bits per heavy atom. The van der Waals surface area contributed by atoms with E-state index in [-0.39, 0.29) is 0 Å². The van der Waals surface area contributed by atoms with Crippen LogP contribution >= 0.6 is 0 Å². The topological polar surface area (TPSA) is 17.1 Å². The number of fused-ring (bicyclic) bond motifs is 1. The Kier molecular flexibility index (Phi) is 4.33. The molecule has 2 aromatic carbocycles. The SMILES string of the molecule is O=Cc1ccc(C#Cc2ccc(-c3cc4cccccc-4c3)cc2)cc1. The fourth-order valence-corrected chi connectivity index (χ4v) is 2.92. The predicted octanol–water partition coefficient (Wildman–Crippen LogP) is 5.67. The molecule has 2 aliphatic rings. The number of hydrogen-bond acceptors (Lipinski definition) is 1. The van der Waals surface area contributed by atoms with Gasteiger partial charge < -0.3 is 0 Å². The third-order valence-corrected chi connectivity index (χ3v) is 4.35. The number of aldehydes is 1. The van der Waals surface area contributed by atoms with Gasteiger partial charge in [-0.1, -0.05) is 66.4 Å². The highest BCUT2D eigenvalue weighted by Gasteiger charge is 2.06. The molecule has 0 atom stereocenters. The minimum atomic E-state index is 0.663. The van der Waals surface area contributed by atoms with Crippen molar-refractivity contribution in [3.05, 3.63) is 108 Å². The van der Waals surface area contributed by atoms with Crippen molar-refractivity contribution in [2.45, 2.75) is 0 Å². The Hall–Kier alpha value is -3.63. The first-order chi connectivity index (χ1) is 12.8. The van der Waals surface area contributed by atoms with Crippen LogP contribution < -0.4 is 0 Å². The molecule has 0 heterocycles. The Labute approximate surface area is 153 Å². The van der Waals surface area contributed by atoms with Crippen LogP contribution in [0.25, 0.3) is 22.3 Å². The Morgan fingerprint density at radius 1 is 0.538 bits per heavy atom. The van der Waals surface area contributed by atoms with Crippen molar-refractivity contribution in [3.63, 3.8) is 0 Å². The van der Waals surface area contributed by atoms with Gasteiger partial charge in [0, 0.05) is 16.7 Å². The molecule has 0 fully saturated rings. The first kappa shape index (κ1) is 15.9. The van der Waals surface area contributed by atoms with Gasteiger partial charge in [0.2, 0.25) is 0 Å². The molecule has 0 N–H and O–H groups in total. The molecule has 122 valence electrons. The van der Waals surface area contributed by atoms with Crippen molar-refractivity contribution in [2.24, 2.45) is 0 Å². The Bertz CT molecular complexity index is 1050. The summed E-state index contributed by atoms with van der Waals surface area (Å²) in [5.41, 5.74) is 7.42. The van der Waals surface area contributed by atoms with Crippen molar-refractivity contribution >= 4 is 6.29 Å². The molecule has 4 rings (SSSR count). The van der Waals surface area contributed by atoms with E-state index in [0.717, 1.165) is 17.4 Å². The molecule has 0 radical (unpaired) electrons. The van der Waals surface area contributed by atoms with Crippen molar-refractivity contribution in [1.82, 2.24) is 0 Å². The van der Waals surface area contributed by atoms with Crippen LogP contribution in [0.15, 0.2) is 91.0 Å². The van der Waals surface area contributed by atoms with Crippen LogP contribution in [0.4, 0.5) is 0 Å². The van der Waals surface area contributed by atoms with E-state index in [1.165, 1.54) is 22.3 Å².